The maximum absolute atomic E-state index is 13.1. The molecule has 0 atom stereocenters. The summed E-state index contributed by atoms with van der Waals surface area (Å²) in [4.78, 5) is 25.8. The van der Waals surface area contributed by atoms with E-state index in [0.717, 1.165) is 16.9 Å². The third kappa shape index (κ3) is 3.69. The number of hydrogen-bond donors (Lipinski definition) is 1. The number of carbonyl (C=O) groups excluding carboxylic acids is 1. The second-order valence-corrected chi connectivity index (χ2v) is 7.38. The van der Waals surface area contributed by atoms with E-state index in [4.69, 9.17) is 5.11 Å². The molecular weight excluding hydrogens is 326 g/mol. The Morgan fingerprint density at radius 2 is 1.73 bits per heavy atom. The summed E-state index contributed by atoms with van der Waals surface area (Å²) in [6.07, 6.45) is 3.45. The Bertz CT molecular complexity index is 853. The first-order valence-electron chi connectivity index (χ1n) is 8.80. The molecule has 0 bridgehead atoms. The van der Waals surface area contributed by atoms with E-state index in [0.29, 0.717) is 18.4 Å². The molecule has 0 aromatic heterocycles. The third-order valence-electron chi connectivity index (χ3n) is 4.68. The van der Waals surface area contributed by atoms with Crippen LogP contribution in [-0.2, 0) is 9.59 Å². The van der Waals surface area contributed by atoms with Crippen LogP contribution in [0.3, 0.4) is 0 Å². The maximum atomic E-state index is 13.1. The van der Waals surface area contributed by atoms with E-state index in [-0.39, 0.29) is 17.7 Å². The zero-order valence-electron chi connectivity index (χ0n) is 15.1. The molecule has 26 heavy (non-hydrogen) atoms. The molecule has 1 aliphatic heterocycles. The van der Waals surface area contributed by atoms with Crippen molar-refractivity contribution >= 4 is 28.8 Å². The molecule has 0 spiro atoms. The highest BCUT2D eigenvalue weighted by molar-refractivity contribution is 6.34. The van der Waals surface area contributed by atoms with Gasteiger partial charge in [-0.1, -0.05) is 56.3 Å². The number of anilines is 2. The zero-order valence-corrected chi connectivity index (χ0v) is 15.1. The molecule has 1 heterocycles. The number of benzene rings is 2. The minimum Gasteiger partial charge on any atom is -0.481 e. The molecule has 0 saturated heterocycles. The molecular formula is C22H23NO3. The van der Waals surface area contributed by atoms with Gasteiger partial charge in [0.2, 0.25) is 0 Å². The van der Waals surface area contributed by atoms with Crippen molar-refractivity contribution in [3.8, 4) is 0 Å². The topological polar surface area (TPSA) is 57.6 Å². The van der Waals surface area contributed by atoms with E-state index >= 15 is 0 Å². The fraction of sp³-hybridized carbons (Fsp3) is 0.273. The Balaban J connectivity index is 1.87. The van der Waals surface area contributed by atoms with Crippen LogP contribution < -0.4 is 4.90 Å². The largest absolute Gasteiger partial charge is 0.481 e. The van der Waals surface area contributed by atoms with Gasteiger partial charge >= 0.3 is 5.97 Å². The van der Waals surface area contributed by atoms with Crippen molar-refractivity contribution in [2.24, 2.45) is 5.41 Å². The number of fused-ring (bicyclic) bond motifs is 1. The lowest BCUT2D eigenvalue weighted by molar-refractivity contribution is -0.139. The molecule has 0 unspecified atom stereocenters. The molecule has 0 radical (unpaired) electrons. The first-order valence-corrected chi connectivity index (χ1v) is 8.80. The number of carboxylic acid groups (broad SMARTS) is 1. The number of amides is 1. The number of nitrogens with zero attached hydrogens (tertiary/aromatic N) is 1. The van der Waals surface area contributed by atoms with Crippen LogP contribution >= 0.6 is 0 Å². The van der Waals surface area contributed by atoms with Gasteiger partial charge in [0, 0.05) is 16.8 Å². The van der Waals surface area contributed by atoms with E-state index in [9.17, 15) is 9.59 Å². The SMILES string of the molecule is CC(C)(CC/C=C1/C(=O)N(c2ccccc2)c2ccccc21)CC(=O)O. The van der Waals surface area contributed by atoms with Crippen LogP contribution in [-0.4, -0.2) is 17.0 Å². The van der Waals surface area contributed by atoms with Crippen molar-refractivity contribution in [2.45, 2.75) is 33.1 Å². The lowest BCUT2D eigenvalue weighted by Gasteiger charge is -2.21. The van der Waals surface area contributed by atoms with Gasteiger partial charge in [0.1, 0.15) is 0 Å². The van der Waals surface area contributed by atoms with Crippen molar-refractivity contribution in [2.75, 3.05) is 4.90 Å². The quantitative estimate of drug-likeness (QED) is 0.744. The molecule has 134 valence electrons. The molecule has 2 aromatic carbocycles. The van der Waals surface area contributed by atoms with Crippen LogP contribution in [0.5, 0.6) is 0 Å². The van der Waals surface area contributed by atoms with Crippen LogP contribution in [0.25, 0.3) is 5.57 Å². The summed E-state index contributed by atoms with van der Waals surface area (Å²) < 4.78 is 0. The van der Waals surface area contributed by atoms with Gasteiger partial charge in [0.05, 0.1) is 12.1 Å². The monoisotopic (exact) mass is 349 g/mol. The minimum absolute atomic E-state index is 0.0339. The first-order chi connectivity index (χ1) is 12.4. The molecule has 2 aromatic rings. The molecule has 0 aliphatic carbocycles. The van der Waals surface area contributed by atoms with E-state index in [1.807, 2.05) is 74.5 Å². The van der Waals surface area contributed by atoms with Crippen molar-refractivity contribution in [3.05, 3.63) is 66.2 Å². The number of rotatable bonds is 6. The Kier molecular flexibility index (Phi) is 4.94. The summed E-state index contributed by atoms with van der Waals surface area (Å²) in [5, 5.41) is 9.02. The Labute approximate surface area is 153 Å². The standard InChI is InChI=1S/C22H23NO3/c1-22(2,15-20(24)25)14-8-12-18-17-11-6-7-13-19(17)23(21(18)26)16-9-4-3-5-10-16/h3-7,9-13H,8,14-15H2,1-2H3,(H,24,25)/b18-12+. The normalized spacial score (nSPS) is 15.4. The highest BCUT2D eigenvalue weighted by Gasteiger charge is 2.33. The van der Waals surface area contributed by atoms with Gasteiger partial charge in [-0.15, -0.1) is 0 Å². The zero-order chi connectivity index (χ0) is 18.7. The fourth-order valence-electron chi connectivity index (χ4n) is 3.38. The number of carbonyl (C=O) groups is 2. The number of para-hydroxylation sites is 2. The van der Waals surface area contributed by atoms with Gasteiger partial charge in [-0.05, 0) is 36.5 Å². The van der Waals surface area contributed by atoms with Gasteiger partial charge < -0.3 is 5.11 Å². The number of carboxylic acids is 1. The van der Waals surface area contributed by atoms with Crippen LogP contribution in [0.4, 0.5) is 11.4 Å². The van der Waals surface area contributed by atoms with Gasteiger partial charge in [-0.3, -0.25) is 14.5 Å². The van der Waals surface area contributed by atoms with Crippen molar-refractivity contribution < 1.29 is 14.7 Å². The fourth-order valence-corrected chi connectivity index (χ4v) is 3.38. The number of aliphatic carboxylic acids is 1. The van der Waals surface area contributed by atoms with Gasteiger partial charge in [0.15, 0.2) is 0 Å². The van der Waals surface area contributed by atoms with E-state index in [2.05, 4.69) is 0 Å². The van der Waals surface area contributed by atoms with Crippen molar-refractivity contribution in [1.29, 1.82) is 0 Å². The van der Waals surface area contributed by atoms with Gasteiger partial charge in [-0.2, -0.15) is 0 Å². The second kappa shape index (κ2) is 7.16. The molecule has 4 nitrogen and oxygen atoms in total. The predicted octanol–water partition coefficient (Wildman–Crippen LogP) is 5.03. The highest BCUT2D eigenvalue weighted by Crippen LogP contribution is 2.41. The minimum atomic E-state index is -0.791. The van der Waals surface area contributed by atoms with Crippen LogP contribution in [0.2, 0.25) is 0 Å². The van der Waals surface area contributed by atoms with Gasteiger partial charge in [-0.25, -0.2) is 0 Å². The molecule has 4 heteroatoms. The molecule has 0 saturated carbocycles. The van der Waals surface area contributed by atoms with E-state index < -0.39 is 5.97 Å². The summed E-state index contributed by atoms with van der Waals surface area (Å²) >= 11 is 0. The Hall–Kier alpha value is -2.88. The summed E-state index contributed by atoms with van der Waals surface area (Å²) in [5.41, 5.74) is 3.05. The molecule has 3 rings (SSSR count). The second-order valence-electron chi connectivity index (χ2n) is 7.38. The maximum Gasteiger partial charge on any atom is 0.303 e. The Morgan fingerprint density at radius 1 is 1.08 bits per heavy atom. The van der Waals surface area contributed by atoms with Crippen LogP contribution in [0.15, 0.2) is 60.7 Å². The number of allylic oxidation sites excluding steroid dienone is 1. The average molecular weight is 349 g/mol. The third-order valence-corrected chi connectivity index (χ3v) is 4.68. The smallest absolute Gasteiger partial charge is 0.303 e. The molecule has 1 N–H and O–H groups in total. The summed E-state index contributed by atoms with van der Waals surface area (Å²) in [6.45, 7) is 3.89. The summed E-state index contributed by atoms with van der Waals surface area (Å²) in [7, 11) is 0. The average Bonchev–Trinajstić information content (AvgIpc) is 2.86. The summed E-state index contributed by atoms with van der Waals surface area (Å²) in [6, 6.07) is 17.4. The summed E-state index contributed by atoms with van der Waals surface area (Å²) in [5.74, 6) is -0.825. The molecule has 1 aliphatic rings. The first kappa shape index (κ1) is 17.9. The van der Waals surface area contributed by atoms with Crippen LogP contribution in [0.1, 0.15) is 38.7 Å². The van der Waals surface area contributed by atoms with Crippen molar-refractivity contribution in [3.63, 3.8) is 0 Å². The Morgan fingerprint density at radius 3 is 2.42 bits per heavy atom. The van der Waals surface area contributed by atoms with E-state index in [1.165, 1.54) is 0 Å². The van der Waals surface area contributed by atoms with Crippen LogP contribution in [0, 0.1) is 5.41 Å². The lowest BCUT2D eigenvalue weighted by Crippen LogP contribution is -2.20. The molecule has 1 amide bonds. The number of hydrogen-bond acceptors (Lipinski definition) is 2. The van der Waals surface area contributed by atoms with E-state index in [1.54, 1.807) is 4.90 Å². The highest BCUT2D eigenvalue weighted by atomic mass is 16.4. The van der Waals surface area contributed by atoms with Crippen molar-refractivity contribution in [1.82, 2.24) is 0 Å². The van der Waals surface area contributed by atoms with Gasteiger partial charge in [0.25, 0.3) is 5.91 Å². The lowest BCUT2D eigenvalue weighted by atomic mass is 9.84. The molecule has 0 fully saturated rings. The predicted molar refractivity (Wildman–Crippen MR) is 103 cm³/mol.